The maximum absolute atomic E-state index is 10.7. The number of rotatable bonds is 4. The van der Waals surface area contributed by atoms with Gasteiger partial charge in [0.05, 0.1) is 17.2 Å². The van der Waals surface area contributed by atoms with Crippen LogP contribution in [0, 0.1) is 17.0 Å². The Kier molecular flexibility index (Phi) is 3.79. The van der Waals surface area contributed by atoms with Crippen molar-refractivity contribution in [3.8, 4) is 0 Å². The number of aromatic nitrogens is 2. The predicted octanol–water partition coefficient (Wildman–Crippen LogP) is 1.91. The highest BCUT2D eigenvalue weighted by Gasteiger charge is 2.14. The van der Waals surface area contributed by atoms with Crippen LogP contribution >= 0.6 is 0 Å². The Morgan fingerprint density at radius 1 is 1.30 bits per heavy atom. The van der Waals surface area contributed by atoms with Crippen molar-refractivity contribution in [1.29, 1.82) is 0 Å². The van der Waals surface area contributed by atoms with Crippen molar-refractivity contribution >= 4 is 17.3 Å². The third-order valence-electron chi connectivity index (χ3n) is 2.82. The van der Waals surface area contributed by atoms with Crippen molar-refractivity contribution in [3.63, 3.8) is 0 Å². The molecule has 0 spiro atoms. The van der Waals surface area contributed by atoms with Gasteiger partial charge in [-0.1, -0.05) is 6.07 Å². The predicted molar refractivity (Wildman–Crippen MR) is 76.4 cm³/mol. The van der Waals surface area contributed by atoms with E-state index in [-0.39, 0.29) is 11.5 Å². The third kappa shape index (κ3) is 3.00. The number of hydrogen-bond acceptors (Lipinski definition) is 6. The van der Waals surface area contributed by atoms with E-state index in [2.05, 4.69) is 9.97 Å². The van der Waals surface area contributed by atoms with Crippen LogP contribution in [0.1, 0.15) is 11.4 Å². The zero-order valence-electron chi connectivity index (χ0n) is 11.3. The number of anilines is 2. The van der Waals surface area contributed by atoms with Gasteiger partial charge >= 0.3 is 5.69 Å². The molecule has 2 aromatic heterocycles. The van der Waals surface area contributed by atoms with Gasteiger partial charge in [0.15, 0.2) is 0 Å². The number of nitrogen functional groups attached to an aromatic ring is 1. The lowest BCUT2D eigenvalue weighted by Crippen LogP contribution is -2.19. The van der Waals surface area contributed by atoms with Crippen LogP contribution in [0.2, 0.25) is 0 Å². The Balaban J connectivity index is 2.19. The second-order valence-corrected chi connectivity index (χ2v) is 4.46. The van der Waals surface area contributed by atoms with Crippen molar-refractivity contribution in [2.45, 2.75) is 13.5 Å². The smallest absolute Gasteiger partial charge is 0.311 e. The Morgan fingerprint density at radius 3 is 2.65 bits per heavy atom. The summed E-state index contributed by atoms with van der Waals surface area (Å²) in [6, 6.07) is 8.70. The van der Waals surface area contributed by atoms with Gasteiger partial charge in [-0.15, -0.1) is 0 Å². The minimum absolute atomic E-state index is 0.0865. The summed E-state index contributed by atoms with van der Waals surface area (Å²) in [5.41, 5.74) is 7.23. The van der Waals surface area contributed by atoms with E-state index < -0.39 is 4.92 Å². The van der Waals surface area contributed by atoms with Crippen LogP contribution in [0.15, 0.2) is 30.3 Å². The van der Waals surface area contributed by atoms with Gasteiger partial charge in [0, 0.05) is 18.8 Å². The lowest BCUT2D eigenvalue weighted by atomic mass is 10.3. The van der Waals surface area contributed by atoms with E-state index in [1.165, 1.54) is 6.07 Å². The molecule has 0 amide bonds. The highest BCUT2D eigenvalue weighted by molar-refractivity contribution is 5.57. The Hall–Kier alpha value is -2.70. The summed E-state index contributed by atoms with van der Waals surface area (Å²) in [4.78, 5) is 20.4. The van der Waals surface area contributed by atoms with Gasteiger partial charge in [0.25, 0.3) is 0 Å². The number of aryl methyl sites for hydroxylation is 1. The van der Waals surface area contributed by atoms with E-state index in [0.717, 1.165) is 11.4 Å². The van der Waals surface area contributed by atoms with Crippen molar-refractivity contribution in [1.82, 2.24) is 9.97 Å². The second kappa shape index (κ2) is 5.52. The summed E-state index contributed by atoms with van der Waals surface area (Å²) in [7, 11) is 1.83. The van der Waals surface area contributed by atoms with E-state index in [1.54, 1.807) is 6.07 Å². The fourth-order valence-corrected chi connectivity index (χ4v) is 1.84. The van der Waals surface area contributed by atoms with Gasteiger partial charge in [-0.3, -0.25) is 15.1 Å². The van der Waals surface area contributed by atoms with Crippen LogP contribution in [0.5, 0.6) is 0 Å². The number of hydrogen-bond donors (Lipinski definition) is 1. The zero-order valence-corrected chi connectivity index (χ0v) is 11.3. The van der Waals surface area contributed by atoms with E-state index in [4.69, 9.17) is 5.73 Å². The molecule has 0 atom stereocenters. The molecule has 0 unspecified atom stereocenters. The van der Waals surface area contributed by atoms with Crippen molar-refractivity contribution in [2.24, 2.45) is 0 Å². The molecule has 2 heterocycles. The molecule has 2 N–H and O–H groups in total. The molecule has 0 aromatic carbocycles. The molecule has 0 aliphatic rings. The van der Waals surface area contributed by atoms with Crippen LogP contribution in [-0.2, 0) is 6.54 Å². The third-order valence-corrected chi connectivity index (χ3v) is 2.82. The van der Waals surface area contributed by atoms with Gasteiger partial charge in [-0.25, -0.2) is 4.98 Å². The lowest BCUT2D eigenvalue weighted by molar-refractivity contribution is -0.384. The van der Waals surface area contributed by atoms with Gasteiger partial charge in [0.1, 0.15) is 5.82 Å². The molecular formula is C13H15N5O2. The van der Waals surface area contributed by atoms with Crippen molar-refractivity contribution in [3.05, 3.63) is 51.8 Å². The average molecular weight is 273 g/mol. The minimum Gasteiger partial charge on any atom is -0.378 e. The summed E-state index contributed by atoms with van der Waals surface area (Å²) in [5.74, 6) is 0.480. The maximum Gasteiger partial charge on any atom is 0.311 e. The molecule has 0 fully saturated rings. The first-order valence-electron chi connectivity index (χ1n) is 6.02. The van der Waals surface area contributed by atoms with Gasteiger partial charge in [-0.05, 0) is 25.1 Å². The van der Waals surface area contributed by atoms with Gasteiger partial charge in [-0.2, -0.15) is 0 Å². The van der Waals surface area contributed by atoms with Crippen LogP contribution in [0.25, 0.3) is 0 Å². The highest BCUT2D eigenvalue weighted by atomic mass is 16.6. The fraction of sp³-hybridized carbons (Fsp3) is 0.231. The SMILES string of the molecule is Cc1cccc(CN(C)c2ccc([N+](=O)[O-])c(N)n2)n1. The Labute approximate surface area is 116 Å². The monoisotopic (exact) mass is 273 g/mol. The summed E-state index contributed by atoms with van der Waals surface area (Å²) >= 11 is 0. The van der Waals surface area contributed by atoms with Crippen LogP contribution in [0.4, 0.5) is 17.3 Å². The quantitative estimate of drug-likeness (QED) is 0.675. The van der Waals surface area contributed by atoms with Crippen molar-refractivity contribution in [2.75, 3.05) is 17.7 Å². The average Bonchev–Trinajstić information content (AvgIpc) is 2.38. The second-order valence-electron chi connectivity index (χ2n) is 4.46. The molecule has 0 aliphatic heterocycles. The summed E-state index contributed by atoms with van der Waals surface area (Å²) in [5, 5.41) is 10.7. The number of nitrogens with two attached hydrogens (primary N) is 1. The molecular weight excluding hydrogens is 258 g/mol. The molecule has 20 heavy (non-hydrogen) atoms. The van der Waals surface area contributed by atoms with Gasteiger partial charge < -0.3 is 10.6 Å². The van der Waals surface area contributed by atoms with E-state index in [1.807, 2.05) is 37.1 Å². The largest absolute Gasteiger partial charge is 0.378 e. The Morgan fingerprint density at radius 2 is 2.05 bits per heavy atom. The first-order valence-corrected chi connectivity index (χ1v) is 6.02. The normalized spacial score (nSPS) is 10.3. The lowest BCUT2D eigenvalue weighted by Gasteiger charge is -2.18. The molecule has 2 aromatic rings. The maximum atomic E-state index is 10.7. The molecule has 2 rings (SSSR count). The van der Waals surface area contributed by atoms with Crippen LogP contribution in [-0.4, -0.2) is 21.9 Å². The molecule has 7 heteroatoms. The number of nitrogens with zero attached hydrogens (tertiary/aromatic N) is 4. The number of nitro groups is 1. The van der Waals surface area contributed by atoms with E-state index >= 15 is 0 Å². The zero-order chi connectivity index (χ0) is 14.7. The topological polar surface area (TPSA) is 98.2 Å². The molecule has 0 saturated heterocycles. The fourth-order valence-electron chi connectivity index (χ4n) is 1.84. The first-order chi connectivity index (χ1) is 9.47. The minimum atomic E-state index is -0.547. The Bertz CT molecular complexity index is 644. The molecule has 0 radical (unpaired) electrons. The van der Waals surface area contributed by atoms with Crippen LogP contribution < -0.4 is 10.6 Å². The molecule has 0 bridgehead atoms. The van der Waals surface area contributed by atoms with Crippen molar-refractivity contribution < 1.29 is 4.92 Å². The highest BCUT2D eigenvalue weighted by Crippen LogP contribution is 2.22. The summed E-state index contributed by atoms with van der Waals surface area (Å²) in [6.45, 7) is 2.47. The van der Waals surface area contributed by atoms with E-state index in [9.17, 15) is 10.1 Å². The van der Waals surface area contributed by atoms with E-state index in [0.29, 0.717) is 12.4 Å². The van der Waals surface area contributed by atoms with Crippen LogP contribution in [0.3, 0.4) is 0 Å². The number of pyridine rings is 2. The first kappa shape index (κ1) is 13.7. The van der Waals surface area contributed by atoms with Gasteiger partial charge in [0.2, 0.25) is 5.82 Å². The summed E-state index contributed by atoms with van der Waals surface area (Å²) < 4.78 is 0. The summed E-state index contributed by atoms with van der Waals surface area (Å²) in [6.07, 6.45) is 0. The molecule has 0 saturated carbocycles. The molecule has 104 valence electrons. The standard InChI is InChI=1S/C13H15N5O2/c1-9-4-3-5-10(15-9)8-17(2)12-7-6-11(18(19)20)13(14)16-12/h3-7H,8H2,1-2H3,(H2,14,16). The molecule has 0 aliphatic carbocycles. The molecule has 7 nitrogen and oxygen atoms in total.